The second kappa shape index (κ2) is 12.9. The fraction of sp³-hybridized carbons (Fsp3) is 0.242. The molecule has 0 spiro atoms. The molecule has 0 saturated carbocycles. The van der Waals surface area contributed by atoms with Crippen molar-refractivity contribution in [2.24, 2.45) is 11.7 Å². The first kappa shape index (κ1) is 31.9. The molecular formula is C33H28F3N5O5. The molecule has 4 aromatic rings. The van der Waals surface area contributed by atoms with Gasteiger partial charge in [0.15, 0.2) is 0 Å². The minimum atomic E-state index is -4.85. The van der Waals surface area contributed by atoms with Gasteiger partial charge in [0.2, 0.25) is 11.7 Å². The van der Waals surface area contributed by atoms with Crippen molar-refractivity contribution in [3.05, 3.63) is 107 Å². The summed E-state index contributed by atoms with van der Waals surface area (Å²) in [4.78, 5) is 39.9. The zero-order chi connectivity index (χ0) is 33.1. The summed E-state index contributed by atoms with van der Waals surface area (Å²) in [6.45, 7) is 0.351. The number of carbonyl (C=O) groups is 3. The monoisotopic (exact) mass is 631 g/mol. The van der Waals surface area contributed by atoms with Crippen LogP contribution < -0.4 is 11.1 Å². The number of aromatic nitrogens is 1. The molecule has 3 amide bonds. The van der Waals surface area contributed by atoms with Gasteiger partial charge in [-0.3, -0.25) is 14.4 Å². The molecule has 5 rings (SSSR count). The number of alkyl halides is 3. The number of primary amides is 1. The number of carbonyl (C=O) groups excluding carboxylic acids is 3. The quantitative estimate of drug-likeness (QED) is 0.252. The van der Waals surface area contributed by atoms with Crippen LogP contribution in [0, 0.1) is 17.2 Å². The van der Waals surface area contributed by atoms with Gasteiger partial charge in [-0.05, 0) is 59.9 Å². The minimum absolute atomic E-state index is 0.0463. The standard InChI is InChI=1S/C33H28F3N5O5/c34-33(35,36)27-17-26(8-7-24(27)19-37)40-31(44)32(45,25-10-13-41(14-11-25)30(43)28-9-12-39-46-28)18-20-3-1-4-21(15-20)22-5-2-6-23(16-22)29(38)42/h1-9,12,15-17,25,45H,10-11,13-14,18H2,(H2,38,42)(H,40,44). The molecule has 0 aliphatic carbocycles. The van der Waals surface area contributed by atoms with E-state index in [4.69, 9.17) is 15.5 Å². The summed E-state index contributed by atoms with van der Waals surface area (Å²) in [5.41, 5.74) is 3.41. The SMILES string of the molecule is N#Cc1ccc(NC(=O)C(O)(Cc2cccc(-c3cccc(C(N)=O)c3)c2)C2CCN(C(=O)c3ccno3)CC2)cc1C(F)(F)F. The highest BCUT2D eigenvalue weighted by molar-refractivity contribution is 5.98. The Morgan fingerprint density at radius 2 is 1.72 bits per heavy atom. The van der Waals surface area contributed by atoms with Gasteiger partial charge in [-0.15, -0.1) is 0 Å². The second-order valence-corrected chi connectivity index (χ2v) is 11.0. The largest absolute Gasteiger partial charge is 0.417 e. The van der Waals surface area contributed by atoms with E-state index in [1.54, 1.807) is 48.5 Å². The molecule has 1 aliphatic heterocycles. The molecule has 1 aliphatic rings. The number of piperidine rings is 1. The molecule has 4 N–H and O–H groups in total. The summed E-state index contributed by atoms with van der Waals surface area (Å²) in [7, 11) is 0. The molecular weight excluding hydrogens is 603 g/mol. The lowest BCUT2D eigenvalue weighted by atomic mass is 9.75. The molecule has 13 heteroatoms. The maximum absolute atomic E-state index is 13.9. The first-order chi connectivity index (χ1) is 21.9. The van der Waals surface area contributed by atoms with Crippen molar-refractivity contribution in [1.29, 1.82) is 5.26 Å². The molecule has 10 nitrogen and oxygen atoms in total. The van der Waals surface area contributed by atoms with Crippen LogP contribution in [0.5, 0.6) is 0 Å². The number of benzene rings is 3. The Morgan fingerprint density at radius 3 is 2.35 bits per heavy atom. The smallest absolute Gasteiger partial charge is 0.379 e. The van der Waals surface area contributed by atoms with E-state index in [0.717, 1.165) is 12.1 Å². The lowest BCUT2D eigenvalue weighted by molar-refractivity contribution is -0.142. The zero-order valence-electron chi connectivity index (χ0n) is 24.3. The van der Waals surface area contributed by atoms with Crippen LogP contribution in [0.2, 0.25) is 0 Å². The van der Waals surface area contributed by atoms with Crippen molar-refractivity contribution in [1.82, 2.24) is 10.1 Å². The lowest BCUT2D eigenvalue weighted by Gasteiger charge is -2.40. The molecule has 236 valence electrons. The third kappa shape index (κ3) is 6.77. The normalized spacial score (nSPS) is 15.1. The van der Waals surface area contributed by atoms with Crippen LogP contribution in [-0.2, 0) is 17.4 Å². The van der Waals surface area contributed by atoms with E-state index in [1.165, 1.54) is 23.2 Å². The Hall–Kier alpha value is -5.48. The van der Waals surface area contributed by atoms with Crippen molar-refractivity contribution in [2.75, 3.05) is 18.4 Å². The number of nitrogens with two attached hydrogens (primary N) is 1. The summed E-state index contributed by atoms with van der Waals surface area (Å²) in [6.07, 6.45) is -3.33. The Kier molecular flexibility index (Phi) is 8.93. The van der Waals surface area contributed by atoms with E-state index in [2.05, 4.69) is 10.5 Å². The number of nitrogens with one attached hydrogen (secondary N) is 1. The van der Waals surface area contributed by atoms with Gasteiger partial charge >= 0.3 is 6.18 Å². The van der Waals surface area contributed by atoms with Gasteiger partial charge in [0.1, 0.15) is 5.60 Å². The topological polar surface area (TPSA) is 163 Å². The van der Waals surface area contributed by atoms with Crippen molar-refractivity contribution in [3.8, 4) is 17.2 Å². The Labute approximate surface area is 261 Å². The molecule has 0 bridgehead atoms. The van der Waals surface area contributed by atoms with Gasteiger partial charge in [-0.1, -0.05) is 41.6 Å². The number of likely N-dealkylation sites (tertiary alicyclic amines) is 1. The predicted molar refractivity (Wildman–Crippen MR) is 159 cm³/mol. The second-order valence-electron chi connectivity index (χ2n) is 11.0. The van der Waals surface area contributed by atoms with Crippen LogP contribution in [0.1, 0.15) is 50.4 Å². The molecule has 1 unspecified atom stereocenters. The highest BCUT2D eigenvalue weighted by Crippen LogP contribution is 2.36. The van der Waals surface area contributed by atoms with Crippen LogP contribution >= 0.6 is 0 Å². The van der Waals surface area contributed by atoms with Crippen molar-refractivity contribution in [2.45, 2.75) is 31.0 Å². The van der Waals surface area contributed by atoms with Gasteiger partial charge in [0.25, 0.3) is 11.8 Å². The summed E-state index contributed by atoms with van der Waals surface area (Å²) in [6, 6.07) is 19.3. The van der Waals surface area contributed by atoms with Gasteiger partial charge in [0, 0.05) is 42.7 Å². The van der Waals surface area contributed by atoms with E-state index in [9.17, 15) is 32.7 Å². The number of amides is 3. The van der Waals surface area contributed by atoms with Crippen molar-refractivity contribution in [3.63, 3.8) is 0 Å². The number of aliphatic hydroxyl groups is 1. The summed E-state index contributed by atoms with van der Waals surface area (Å²) < 4.78 is 45.9. The van der Waals surface area contributed by atoms with Crippen LogP contribution in [0.15, 0.2) is 83.5 Å². The van der Waals surface area contributed by atoms with Crippen molar-refractivity contribution < 1.29 is 37.2 Å². The molecule has 46 heavy (non-hydrogen) atoms. The van der Waals surface area contributed by atoms with E-state index in [-0.39, 0.29) is 43.8 Å². The average Bonchev–Trinajstić information content (AvgIpc) is 3.59. The third-order valence-electron chi connectivity index (χ3n) is 8.08. The molecule has 1 aromatic heterocycles. The van der Waals surface area contributed by atoms with Gasteiger partial charge in [0.05, 0.1) is 23.4 Å². The number of halogens is 3. The Balaban J connectivity index is 1.45. The maximum atomic E-state index is 13.9. The number of nitrogens with zero attached hydrogens (tertiary/aromatic N) is 3. The third-order valence-corrected chi connectivity index (χ3v) is 8.08. The van der Waals surface area contributed by atoms with Crippen LogP contribution in [0.3, 0.4) is 0 Å². The van der Waals surface area contributed by atoms with E-state index >= 15 is 0 Å². The Bertz CT molecular complexity index is 1810. The van der Waals surface area contributed by atoms with Gasteiger partial charge < -0.3 is 25.6 Å². The van der Waals surface area contributed by atoms with E-state index in [1.807, 2.05) is 0 Å². The van der Waals surface area contributed by atoms with E-state index in [0.29, 0.717) is 28.3 Å². The number of hydrogen-bond acceptors (Lipinski definition) is 7. The maximum Gasteiger partial charge on any atom is 0.417 e. The van der Waals surface area contributed by atoms with E-state index < -0.39 is 46.5 Å². The minimum Gasteiger partial charge on any atom is -0.379 e. The fourth-order valence-corrected chi connectivity index (χ4v) is 5.67. The first-order valence-electron chi connectivity index (χ1n) is 14.2. The number of rotatable bonds is 8. The van der Waals surface area contributed by atoms with Crippen molar-refractivity contribution >= 4 is 23.4 Å². The number of hydrogen-bond donors (Lipinski definition) is 3. The fourth-order valence-electron chi connectivity index (χ4n) is 5.67. The Morgan fingerprint density at radius 1 is 1.02 bits per heavy atom. The van der Waals surface area contributed by atoms with Gasteiger partial charge in [-0.25, -0.2) is 0 Å². The highest BCUT2D eigenvalue weighted by Gasteiger charge is 2.46. The summed E-state index contributed by atoms with van der Waals surface area (Å²) in [5.74, 6) is -2.59. The predicted octanol–water partition coefficient (Wildman–Crippen LogP) is 4.80. The molecule has 1 atom stereocenters. The summed E-state index contributed by atoms with van der Waals surface area (Å²) >= 11 is 0. The molecule has 3 aromatic carbocycles. The highest BCUT2D eigenvalue weighted by atomic mass is 19.4. The first-order valence-corrected chi connectivity index (χ1v) is 14.2. The summed E-state index contributed by atoms with van der Waals surface area (Å²) in [5, 5.41) is 27.3. The lowest BCUT2D eigenvalue weighted by Crippen LogP contribution is -2.54. The van der Waals surface area contributed by atoms with Crippen LogP contribution in [-0.4, -0.2) is 51.6 Å². The zero-order valence-corrected chi connectivity index (χ0v) is 24.3. The number of nitriles is 1. The average molecular weight is 632 g/mol. The molecule has 2 heterocycles. The molecule has 1 fully saturated rings. The van der Waals surface area contributed by atoms with Gasteiger partial charge in [-0.2, -0.15) is 18.4 Å². The molecule has 1 saturated heterocycles. The molecule has 0 radical (unpaired) electrons. The van der Waals surface area contributed by atoms with Crippen LogP contribution in [0.25, 0.3) is 11.1 Å². The number of anilines is 1. The van der Waals surface area contributed by atoms with Crippen LogP contribution in [0.4, 0.5) is 18.9 Å².